The van der Waals surface area contributed by atoms with Crippen LogP contribution in [-0.2, 0) is 26.0 Å². The second-order valence-corrected chi connectivity index (χ2v) is 21.7. The minimum Gasteiger partial charge on any atom is -0.377 e. The molecule has 1 heterocycles. The number of hydrogen-bond donors (Lipinski definition) is 0. The van der Waals surface area contributed by atoms with Gasteiger partial charge in [0.05, 0.1) is 25.0 Å². The van der Waals surface area contributed by atoms with Crippen LogP contribution in [0.4, 0.5) is 0 Å². The molecule has 1 aliphatic heterocycles. The smallest absolute Gasteiger partial charge is 0.213 e. The molecule has 6 nitrogen and oxygen atoms in total. The van der Waals surface area contributed by atoms with Crippen molar-refractivity contribution >= 4 is 18.1 Å². The zero-order chi connectivity index (χ0) is 31.1. The molecule has 240 valence electrons. The van der Waals surface area contributed by atoms with E-state index in [0.29, 0.717) is 19.1 Å². The highest BCUT2D eigenvalue weighted by Crippen LogP contribution is 2.44. The molecule has 43 heavy (non-hydrogen) atoms. The van der Waals surface area contributed by atoms with Gasteiger partial charge in [0.2, 0.25) is 10.0 Å². The van der Waals surface area contributed by atoms with E-state index in [4.69, 9.17) is 9.47 Å². The largest absolute Gasteiger partial charge is 0.377 e. The Hall–Kier alpha value is -1.55. The van der Waals surface area contributed by atoms with Gasteiger partial charge in [-0.15, -0.1) is 0 Å². The summed E-state index contributed by atoms with van der Waals surface area (Å²) in [6.07, 6.45) is 8.59. The molecular formula is C35H56N2O4SSi. The fourth-order valence-corrected chi connectivity index (χ4v) is 8.93. The van der Waals surface area contributed by atoms with Gasteiger partial charge in [-0.3, -0.25) is 4.90 Å². The van der Waals surface area contributed by atoms with Crippen molar-refractivity contribution in [1.82, 2.24) is 9.21 Å². The Morgan fingerprint density at radius 3 is 2.09 bits per heavy atom. The van der Waals surface area contributed by atoms with E-state index in [9.17, 15) is 8.42 Å². The lowest BCUT2D eigenvalue weighted by Crippen LogP contribution is -2.52. The summed E-state index contributed by atoms with van der Waals surface area (Å²) >= 11 is 0. The van der Waals surface area contributed by atoms with Gasteiger partial charge >= 0.3 is 0 Å². The SMILES string of the molecule is CCC1(CC)CC(N(COCC[Si](C)(C)C)S(C)(=O)=O)C(COC2CCC(c3ccccc3)CC2)N1Cc1ccccc1. The number of sulfonamides is 1. The van der Waals surface area contributed by atoms with Crippen molar-refractivity contribution in [2.24, 2.45) is 0 Å². The molecule has 4 rings (SSSR count). The Morgan fingerprint density at radius 2 is 1.53 bits per heavy atom. The van der Waals surface area contributed by atoms with Gasteiger partial charge in [-0.1, -0.05) is 94.2 Å². The maximum atomic E-state index is 13.4. The summed E-state index contributed by atoms with van der Waals surface area (Å²) in [7, 11) is -4.79. The summed E-state index contributed by atoms with van der Waals surface area (Å²) < 4.78 is 41.3. The summed E-state index contributed by atoms with van der Waals surface area (Å²) in [5.74, 6) is 0.594. The number of hydrogen-bond acceptors (Lipinski definition) is 5. The number of ether oxygens (including phenoxy) is 2. The highest BCUT2D eigenvalue weighted by atomic mass is 32.2. The minimum absolute atomic E-state index is 0.0535. The van der Waals surface area contributed by atoms with Crippen LogP contribution in [0.15, 0.2) is 60.7 Å². The maximum Gasteiger partial charge on any atom is 0.213 e. The van der Waals surface area contributed by atoms with Crippen molar-refractivity contribution in [1.29, 1.82) is 0 Å². The zero-order valence-electron chi connectivity index (χ0n) is 27.5. The Bertz CT molecular complexity index is 1210. The number of rotatable bonds is 15. The predicted octanol–water partition coefficient (Wildman–Crippen LogP) is 7.51. The van der Waals surface area contributed by atoms with Gasteiger partial charge in [0.15, 0.2) is 0 Å². The molecule has 1 aliphatic carbocycles. The molecule has 0 aromatic heterocycles. The second-order valence-electron chi connectivity index (χ2n) is 14.1. The van der Waals surface area contributed by atoms with Crippen LogP contribution >= 0.6 is 0 Å². The molecule has 0 bridgehead atoms. The standard InChI is InChI=1S/C35H56N2O4SSi/c1-7-35(8-2)25-33(37(42(3,38)39)28-40-23-24-43(4,5)6)34(36(35)26-29-15-11-9-12-16-29)27-41-32-21-19-31(20-22-32)30-17-13-10-14-18-30/h9-18,31-34H,7-8,19-28H2,1-6H3. The molecule has 2 fully saturated rings. The van der Waals surface area contributed by atoms with E-state index in [0.717, 1.165) is 57.5 Å². The van der Waals surface area contributed by atoms with E-state index in [1.165, 1.54) is 17.4 Å². The molecular weight excluding hydrogens is 573 g/mol. The predicted molar refractivity (Wildman–Crippen MR) is 181 cm³/mol. The summed E-state index contributed by atoms with van der Waals surface area (Å²) in [4.78, 5) is 2.59. The first kappa shape index (κ1) is 34.3. The van der Waals surface area contributed by atoms with Gasteiger partial charge in [-0.25, -0.2) is 8.42 Å². The van der Waals surface area contributed by atoms with Crippen LogP contribution in [0.25, 0.3) is 0 Å². The van der Waals surface area contributed by atoms with Crippen LogP contribution in [0.1, 0.15) is 75.8 Å². The van der Waals surface area contributed by atoms with Gasteiger partial charge in [0, 0.05) is 32.8 Å². The zero-order valence-corrected chi connectivity index (χ0v) is 29.3. The average Bonchev–Trinajstić information content (AvgIpc) is 3.28. The highest BCUT2D eigenvalue weighted by molar-refractivity contribution is 7.88. The molecule has 1 saturated heterocycles. The van der Waals surface area contributed by atoms with E-state index in [2.05, 4.69) is 99.1 Å². The van der Waals surface area contributed by atoms with E-state index >= 15 is 0 Å². The molecule has 2 atom stereocenters. The number of nitrogens with zero attached hydrogens (tertiary/aromatic N) is 2. The first-order valence-corrected chi connectivity index (χ1v) is 22.0. The minimum atomic E-state index is -3.50. The van der Waals surface area contributed by atoms with E-state index in [1.54, 1.807) is 4.31 Å². The molecule has 0 amide bonds. The van der Waals surface area contributed by atoms with Crippen molar-refractivity contribution in [2.45, 2.75) is 121 Å². The Labute approximate surface area is 263 Å². The summed E-state index contributed by atoms with van der Waals surface area (Å²) in [6, 6.07) is 22.2. The molecule has 0 radical (unpaired) electrons. The second kappa shape index (κ2) is 15.2. The van der Waals surface area contributed by atoms with Crippen LogP contribution in [0.2, 0.25) is 25.7 Å². The van der Waals surface area contributed by atoms with Crippen LogP contribution in [0.5, 0.6) is 0 Å². The van der Waals surface area contributed by atoms with Gasteiger partial charge < -0.3 is 9.47 Å². The maximum absolute atomic E-state index is 13.4. The molecule has 0 N–H and O–H groups in total. The monoisotopic (exact) mass is 628 g/mol. The molecule has 8 heteroatoms. The van der Waals surface area contributed by atoms with Crippen molar-refractivity contribution in [3.63, 3.8) is 0 Å². The third kappa shape index (κ3) is 9.24. The first-order chi connectivity index (χ1) is 20.5. The van der Waals surface area contributed by atoms with Crippen LogP contribution in [0.3, 0.4) is 0 Å². The van der Waals surface area contributed by atoms with E-state index in [1.807, 2.05) is 0 Å². The Kier molecular flexibility index (Phi) is 12.1. The average molecular weight is 629 g/mol. The van der Waals surface area contributed by atoms with Crippen LogP contribution < -0.4 is 0 Å². The van der Waals surface area contributed by atoms with Gasteiger partial charge in [0.25, 0.3) is 0 Å². The molecule has 2 aromatic carbocycles. The first-order valence-electron chi connectivity index (χ1n) is 16.5. The van der Waals surface area contributed by atoms with Crippen molar-refractivity contribution in [3.8, 4) is 0 Å². The highest BCUT2D eigenvalue weighted by Gasteiger charge is 2.53. The van der Waals surface area contributed by atoms with E-state index < -0.39 is 18.1 Å². The molecule has 2 aliphatic rings. The molecule has 0 spiro atoms. The van der Waals surface area contributed by atoms with Gasteiger partial charge in [0.1, 0.15) is 6.73 Å². The summed E-state index contributed by atoms with van der Waals surface area (Å²) in [5, 5.41) is 0. The fraction of sp³-hybridized carbons (Fsp3) is 0.657. The van der Waals surface area contributed by atoms with E-state index in [-0.39, 0.29) is 30.5 Å². The number of benzene rings is 2. The van der Waals surface area contributed by atoms with Gasteiger partial charge in [-0.2, -0.15) is 4.31 Å². The summed E-state index contributed by atoms with van der Waals surface area (Å²) in [5.41, 5.74) is 2.57. The molecule has 1 saturated carbocycles. The Morgan fingerprint density at radius 1 is 0.930 bits per heavy atom. The van der Waals surface area contributed by atoms with Crippen LogP contribution in [0, 0.1) is 0 Å². The lowest BCUT2D eigenvalue weighted by Gasteiger charge is -2.41. The van der Waals surface area contributed by atoms with Crippen molar-refractivity contribution < 1.29 is 17.9 Å². The summed E-state index contributed by atoms with van der Waals surface area (Å²) in [6.45, 7) is 13.5. The van der Waals surface area contributed by atoms with Crippen LogP contribution in [-0.4, -0.2) is 75.6 Å². The lowest BCUT2D eigenvalue weighted by atomic mass is 9.83. The van der Waals surface area contributed by atoms with Crippen molar-refractivity contribution in [3.05, 3.63) is 71.8 Å². The molecule has 2 aromatic rings. The fourth-order valence-electron chi connectivity index (χ4n) is 7.20. The van der Waals surface area contributed by atoms with Gasteiger partial charge in [-0.05, 0) is 68.0 Å². The normalized spacial score (nSPS) is 24.9. The number of likely N-dealkylation sites (tertiary alicyclic amines) is 1. The molecule has 2 unspecified atom stereocenters. The third-order valence-electron chi connectivity index (χ3n) is 10.0. The Balaban J connectivity index is 1.56. The lowest BCUT2D eigenvalue weighted by molar-refractivity contribution is -0.0349. The van der Waals surface area contributed by atoms with Crippen molar-refractivity contribution in [2.75, 3.05) is 26.2 Å². The quantitative estimate of drug-likeness (QED) is 0.116. The third-order valence-corrected chi connectivity index (χ3v) is 12.9. The topological polar surface area (TPSA) is 59.1 Å².